The van der Waals surface area contributed by atoms with Crippen LogP contribution < -0.4 is 0 Å². The molecule has 0 atom stereocenters. The molecular weight excluding hydrogens is 733 g/mol. The highest BCUT2D eigenvalue weighted by Crippen LogP contribution is 2.43. The number of aromatic nitrogens is 4. The summed E-state index contributed by atoms with van der Waals surface area (Å²) in [5.41, 5.74) is 7.50. The number of benzene rings is 8. The molecule has 0 aliphatic heterocycles. The SMILES string of the molecule is c1ccc(-n2cc(-c3cccc(-c4nc(-c5cccc6c5sc5ccccc56)nc(-c5cccc6c5sc5ccccc56)n4)c3)c3c4ccccc4ccc32)cc1. The van der Waals surface area contributed by atoms with Crippen LogP contribution in [0.25, 0.3) is 113 Å². The predicted molar refractivity (Wildman–Crippen MR) is 242 cm³/mol. The highest BCUT2D eigenvalue weighted by Gasteiger charge is 2.20. The minimum atomic E-state index is 0.643. The molecule has 12 rings (SSSR count). The lowest BCUT2D eigenvalue weighted by molar-refractivity contribution is 1.08. The molecule has 0 aliphatic rings. The summed E-state index contributed by atoms with van der Waals surface area (Å²) in [6, 6.07) is 62.6. The fourth-order valence-corrected chi connectivity index (χ4v) is 10.9. The molecule has 6 heteroatoms. The van der Waals surface area contributed by atoms with Crippen molar-refractivity contribution in [3.63, 3.8) is 0 Å². The Bertz CT molecular complexity index is 3410. The molecule has 0 saturated heterocycles. The van der Waals surface area contributed by atoms with E-state index in [1.807, 2.05) is 0 Å². The van der Waals surface area contributed by atoms with E-state index in [9.17, 15) is 0 Å². The molecule has 0 radical (unpaired) electrons. The van der Waals surface area contributed by atoms with Gasteiger partial charge >= 0.3 is 0 Å². The second kappa shape index (κ2) is 12.8. The Kier molecular flexibility index (Phi) is 7.24. The Hall–Kier alpha value is -6.99. The van der Waals surface area contributed by atoms with E-state index < -0.39 is 0 Å². The maximum atomic E-state index is 5.33. The first-order valence-corrected chi connectivity index (χ1v) is 20.6. The van der Waals surface area contributed by atoms with E-state index in [0.717, 1.165) is 39.0 Å². The molecule has 0 N–H and O–H groups in total. The second-order valence-corrected chi connectivity index (χ2v) is 16.5. The monoisotopic (exact) mass is 762 g/mol. The number of nitrogens with zero attached hydrogens (tertiary/aromatic N) is 4. The van der Waals surface area contributed by atoms with Crippen LogP contribution in [-0.2, 0) is 0 Å². The summed E-state index contributed by atoms with van der Waals surface area (Å²) >= 11 is 3.59. The van der Waals surface area contributed by atoms with Gasteiger partial charge in [-0.25, -0.2) is 15.0 Å². The predicted octanol–water partition coefficient (Wildman–Crippen LogP) is 14.4. The fraction of sp³-hybridized carbons (Fsp3) is 0. The Morgan fingerprint density at radius 1 is 0.386 bits per heavy atom. The van der Waals surface area contributed by atoms with E-state index in [2.05, 4.69) is 187 Å². The molecule has 0 amide bonds. The Labute approximate surface area is 335 Å². The van der Waals surface area contributed by atoms with Gasteiger partial charge in [-0.3, -0.25) is 0 Å². The standard InChI is InChI=1S/C51H30N4S2/c1-2-16-34(17-3-1)55-30-42(46-35-18-5-4-13-31(35)27-28-43(46)55)32-14-10-15-33(29-32)49-52-50(40-23-11-21-38-36-19-6-8-25-44(36)56-47(38)40)54-51(53-49)41-24-12-22-39-37-20-7-9-26-45(37)57-48(39)41/h1-30H. The van der Waals surface area contributed by atoms with Crippen molar-refractivity contribution < 1.29 is 0 Å². The molecule has 8 aromatic carbocycles. The number of fused-ring (bicyclic) bond motifs is 9. The zero-order valence-electron chi connectivity index (χ0n) is 30.4. The van der Waals surface area contributed by atoms with Crippen LogP contribution in [0.3, 0.4) is 0 Å². The Balaban J connectivity index is 1.10. The third kappa shape index (κ3) is 5.15. The minimum Gasteiger partial charge on any atom is -0.316 e. The van der Waals surface area contributed by atoms with E-state index in [1.54, 1.807) is 22.7 Å². The van der Waals surface area contributed by atoms with Crippen LogP contribution in [0.5, 0.6) is 0 Å². The van der Waals surface area contributed by atoms with Crippen LogP contribution >= 0.6 is 22.7 Å². The van der Waals surface area contributed by atoms with Crippen LogP contribution in [0, 0.1) is 0 Å². The number of thiophene rings is 2. The maximum absolute atomic E-state index is 5.33. The van der Waals surface area contributed by atoms with Crippen LogP contribution in [-0.4, -0.2) is 19.5 Å². The number of hydrogen-bond donors (Lipinski definition) is 0. The molecule has 0 aliphatic carbocycles. The maximum Gasteiger partial charge on any atom is 0.165 e. The largest absolute Gasteiger partial charge is 0.316 e. The average molecular weight is 763 g/mol. The molecular formula is C51H30N4S2. The molecule has 0 saturated carbocycles. The smallest absolute Gasteiger partial charge is 0.165 e. The summed E-state index contributed by atoms with van der Waals surface area (Å²) in [7, 11) is 0. The van der Waals surface area contributed by atoms with Gasteiger partial charge < -0.3 is 4.57 Å². The molecule has 0 bridgehead atoms. The van der Waals surface area contributed by atoms with Gasteiger partial charge in [-0.1, -0.05) is 127 Å². The van der Waals surface area contributed by atoms with Gasteiger partial charge in [0.15, 0.2) is 17.5 Å². The molecule has 4 aromatic heterocycles. The van der Waals surface area contributed by atoms with E-state index >= 15 is 0 Å². The second-order valence-electron chi connectivity index (χ2n) is 14.4. The fourth-order valence-electron chi connectivity index (χ4n) is 8.45. The number of hydrogen-bond acceptors (Lipinski definition) is 5. The summed E-state index contributed by atoms with van der Waals surface area (Å²) in [5.74, 6) is 1.98. The first-order chi connectivity index (χ1) is 28.2. The van der Waals surface area contributed by atoms with Crippen molar-refractivity contribution in [3.8, 4) is 51.0 Å². The molecule has 266 valence electrons. The van der Waals surface area contributed by atoms with Gasteiger partial charge in [-0.05, 0) is 64.9 Å². The van der Waals surface area contributed by atoms with Crippen molar-refractivity contribution in [1.29, 1.82) is 0 Å². The molecule has 4 heterocycles. The zero-order chi connectivity index (χ0) is 37.5. The molecule has 0 spiro atoms. The summed E-state index contributed by atoms with van der Waals surface area (Å²) in [4.78, 5) is 16.0. The molecule has 0 fully saturated rings. The first kappa shape index (κ1) is 32.3. The number of para-hydroxylation sites is 1. The summed E-state index contributed by atoms with van der Waals surface area (Å²) in [5, 5.41) is 8.59. The van der Waals surface area contributed by atoms with Crippen molar-refractivity contribution in [2.45, 2.75) is 0 Å². The van der Waals surface area contributed by atoms with Gasteiger partial charge in [-0.2, -0.15) is 0 Å². The lowest BCUT2D eigenvalue weighted by Gasteiger charge is -2.11. The summed E-state index contributed by atoms with van der Waals surface area (Å²) in [6.45, 7) is 0. The van der Waals surface area contributed by atoms with Crippen molar-refractivity contribution in [1.82, 2.24) is 19.5 Å². The topological polar surface area (TPSA) is 43.6 Å². The first-order valence-electron chi connectivity index (χ1n) is 19.0. The van der Waals surface area contributed by atoms with Crippen molar-refractivity contribution in [3.05, 3.63) is 182 Å². The minimum absolute atomic E-state index is 0.643. The molecule has 0 unspecified atom stereocenters. The third-order valence-corrected chi connectivity index (χ3v) is 13.5. The molecule has 12 aromatic rings. The quantitative estimate of drug-likeness (QED) is 0.175. The molecule has 4 nitrogen and oxygen atoms in total. The lowest BCUT2D eigenvalue weighted by atomic mass is 9.98. The average Bonchev–Trinajstić information content (AvgIpc) is 3.99. The van der Waals surface area contributed by atoms with E-state index in [4.69, 9.17) is 15.0 Å². The zero-order valence-corrected chi connectivity index (χ0v) is 32.1. The van der Waals surface area contributed by atoms with E-state index in [1.165, 1.54) is 56.5 Å². The normalized spacial score (nSPS) is 11.9. The Morgan fingerprint density at radius 3 is 1.61 bits per heavy atom. The van der Waals surface area contributed by atoms with Gasteiger partial charge in [0.1, 0.15) is 0 Å². The Morgan fingerprint density at radius 2 is 0.930 bits per heavy atom. The van der Waals surface area contributed by atoms with Gasteiger partial charge in [0.25, 0.3) is 0 Å². The summed E-state index contributed by atoms with van der Waals surface area (Å²) in [6.07, 6.45) is 2.28. The van der Waals surface area contributed by atoms with Crippen molar-refractivity contribution in [2.24, 2.45) is 0 Å². The van der Waals surface area contributed by atoms with Crippen molar-refractivity contribution in [2.75, 3.05) is 0 Å². The van der Waals surface area contributed by atoms with Crippen LogP contribution in [0.2, 0.25) is 0 Å². The van der Waals surface area contributed by atoms with Gasteiger partial charge in [0, 0.05) is 79.9 Å². The lowest BCUT2D eigenvalue weighted by Crippen LogP contribution is -2.00. The van der Waals surface area contributed by atoms with Gasteiger partial charge in [-0.15, -0.1) is 22.7 Å². The third-order valence-electron chi connectivity index (χ3n) is 11.1. The summed E-state index contributed by atoms with van der Waals surface area (Å²) < 4.78 is 7.16. The van der Waals surface area contributed by atoms with Crippen LogP contribution in [0.15, 0.2) is 182 Å². The van der Waals surface area contributed by atoms with Crippen molar-refractivity contribution >= 4 is 84.7 Å². The van der Waals surface area contributed by atoms with E-state index in [0.29, 0.717) is 17.5 Å². The van der Waals surface area contributed by atoms with Crippen LogP contribution in [0.1, 0.15) is 0 Å². The highest BCUT2D eigenvalue weighted by molar-refractivity contribution is 7.26. The highest BCUT2D eigenvalue weighted by atomic mass is 32.1. The van der Waals surface area contributed by atoms with E-state index in [-0.39, 0.29) is 0 Å². The van der Waals surface area contributed by atoms with Gasteiger partial charge in [0.05, 0.1) is 5.52 Å². The van der Waals surface area contributed by atoms with Crippen LogP contribution in [0.4, 0.5) is 0 Å². The molecule has 57 heavy (non-hydrogen) atoms. The number of rotatable bonds is 5. The van der Waals surface area contributed by atoms with Gasteiger partial charge in [0.2, 0.25) is 0 Å².